The molecule has 0 aromatic carbocycles. The number of allylic oxidation sites excluding steroid dienone is 2. The first-order chi connectivity index (χ1) is 4.97. The van der Waals surface area contributed by atoms with Gasteiger partial charge in [0.05, 0.1) is 6.61 Å². The van der Waals surface area contributed by atoms with Crippen LogP contribution >= 0.6 is 11.8 Å². The molecular formula is C8H10OS. The Balaban J connectivity index is 2.19. The van der Waals surface area contributed by atoms with E-state index in [1.54, 1.807) is 0 Å². The second kappa shape index (κ2) is 2.70. The van der Waals surface area contributed by atoms with Crippen LogP contribution in [0.5, 0.6) is 0 Å². The van der Waals surface area contributed by atoms with Crippen LogP contribution in [0.25, 0.3) is 0 Å². The lowest BCUT2D eigenvalue weighted by Gasteiger charge is -2.21. The fourth-order valence-electron chi connectivity index (χ4n) is 1.19. The summed E-state index contributed by atoms with van der Waals surface area (Å²) in [5, 5.41) is 0. The zero-order chi connectivity index (χ0) is 6.81. The zero-order valence-corrected chi connectivity index (χ0v) is 6.62. The maximum atomic E-state index is 5.45. The summed E-state index contributed by atoms with van der Waals surface area (Å²) in [7, 11) is 0. The minimum Gasteiger partial charge on any atom is -0.492 e. The second-order valence-electron chi connectivity index (χ2n) is 2.41. The first kappa shape index (κ1) is 6.35. The summed E-state index contributed by atoms with van der Waals surface area (Å²) in [4.78, 5) is 1.36. The van der Waals surface area contributed by atoms with Crippen LogP contribution in [0, 0.1) is 0 Å². The predicted molar refractivity (Wildman–Crippen MR) is 43.8 cm³/mol. The van der Waals surface area contributed by atoms with Gasteiger partial charge < -0.3 is 4.74 Å². The molecule has 0 amide bonds. The van der Waals surface area contributed by atoms with Gasteiger partial charge in [-0.05, 0) is 18.9 Å². The van der Waals surface area contributed by atoms with Crippen molar-refractivity contribution in [3.63, 3.8) is 0 Å². The molecule has 0 aromatic rings. The van der Waals surface area contributed by atoms with Gasteiger partial charge in [0, 0.05) is 10.7 Å². The monoisotopic (exact) mass is 154 g/mol. The van der Waals surface area contributed by atoms with E-state index in [0.29, 0.717) is 0 Å². The van der Waals surface area contributed by atoms with E-state index in [4.69, 9.17) is 4.74 Å². The molecule has 1 aliphatic carbocycles. The highest BCUT2D eigenvalue weighted by molar-refractivity contribution is 8.03. The Morgan fingerprint density at radius 3 is 3.10 bits per heavy atom. The lowest BCUT2D eigenvalue weighted by molar-refractivity contribution is 0.237. The average Bonchev–Trinajstić information content (AvgIpc) is 2.05. The van der Waals surface area contributed by atoms with Crippen LogP contribution in [0.2, 0.25) is 0 Å². The molecule has 0 saturated carbocycles. The van der Waals surface area contributed by atoms with Gasteiger partial charge in [0.25, 0.3) is 0 Å². The molecule has 1 nitrogen and oxygen atoms in total. The highest BCUT2D eigenvalue weighted by atomic mass is 32.2. The third kappa shape index (κ3) is 1.08. The number of hydrogen-bond acceptors (Lipinski definition) is 2. The Morgan fingerprint density at radius 2 is 2.20 bits per heavy atom. The van der Waals surface area contributed by atoms with Crippen molar-refractivity contribution >= 4 is 11.8 Å². The van der Waals surface area contributed by atoms with E-state index in [9.17, 15) is 0 Å². The van der Waals surface area contributed by atoms with E-state index in [1.807, 2.05) is 11.8 Å². The Labute approximate surface area is 65.1 Å². The van der Waals surface area contributed by atoms with E-state index >= 15 is 0 Å². The molecule has 0 atom stereocenters. The molecule has 10 heavy (non-hydrogen) atoms. The molecule has 2 rings (SSSR count). The third-order valence-corrected chi connectivity index (χ3v) is 2.72. The van der Waals surface area contributed by atoms with E-state index in [2.05, 4.69) is 12.2 Å². The van der Waals surface area contributed by atoms with Crippen LogP contribution in [0.1, 0.15) is 12.8 Å². The van der Waals surface area contributed by atoms with Crippen molar-refractivity contribution < 1.29 is 4.74 Å². The van der Waals surface area contributed by atoms with Crippen molar-refractivity contribution in [1.82, 2.24) is 0 Å². The highest BCUT2D eigenvalue weighted by Gasteiger charge is 2.14. The van der Waals surface area contributed by atoms with E-state index in [0.717, 1.165) is 24.5 Å². The summed E-state index contributed by atoms with van der Waals surface area (Å²) in [6, 6.07) is 0. The average molecular weight is 154 g/mol. The van der Waals surface area contributed by atoms with Crippen LogP contribution < -0.4 is 0 Å². The van der Waals surface area contributed by atoms with Gasteiger partial charge in [-0.25, -0.2) is 0 Å². The van der Waals surface area contributed by atoms with Gasteiger partial charge in [0.15, 0.2) is 0 Å². The van der Waals surface area contributed by atoms with Gasteiger partial charge in [0.1, 0.15) is 5.76 Å². The maximum Gasteiger partial charge on any atom is 0.128 e. The minimum absolute atomic E-state index is 0.883. The van der Waals surface area contributed by atoms with Crippen LogP contribution in [-0.4, -0.2) is 12.4 Å². The van der Waals surface area contributed by atoms with Gasteiger partial charge in [-0.1, -0.05) is 6.08 Å². The molecule has 0 unspecified atom stereocenters. The fourth-order valence-corrected chi connectivity index (χ4v) is 2.10. The number of thioether (sulfide) groups is 1. The Morgan fingerprint density at radius 1 is 1.30 bits per heavy atom. The normalized spacial score (nSPS) is 24.0. The van der Waals surface area contributed by atoms with Crippen molar-refractivity contribution in [3.8, 4) is 0 Å². The number of fused-ring (bicyclic) bond motifs is 1. The molecule has 1 fully saturated rings. The Hall–Kier alpha value is -0.370. The van der Waals surface area contributed by atoms with Gasteiger partial charge in [-0.2, -0.15) is 0 Å². The molecule has 0 spiro atoms. The molecule has 1 aliphatic heterocycles. The molecule has 0 N–H and O–H groups in total. The zero-order valence-electron chi connectivity index (χ0n) is 5.80. The summed E-state index contributed by atoms with van der Waals surface area (Å²) in [5.74, 6) is 2.24. The smallest absolute Gasteiger partial charge is 0.128 e. The van der Waals surface area contributed by atoms with Gasteiger partial charge >= 0.3 is 0 Å². The summed E-state index contributed by atoms with van der Waals surface area (Å²) in [6.07, 6.45) is 6.81. The van der Waals surface area contributed by atoms with E-state index in [1.165, 1.54) is 11.3 Å². The Bertz CT molecular complexity index is 171. The van der Waals surface area contributed by atoms with Gasteiger partial charge in [-0.3, -0.25) is 0 Å². The van der Waals surface area contributed by atoms with Crippen LogP contribution in [0.4, 0.5) is 0 Å². The first-order valence-corrected chi connectivity index (χ1v) is 4.62. The largest absolute Gasteiger partial charge is 0.492 e. The molecular weight excluding hydrogens is 144 g/mol. The second-order valence-corrected chi connectivity index (χ2v) is 3.55. The van der Waals surface area contributed by atoms with E-state index < -0.39 is 0 Å². The summed E-state index contributed by atoms with van der Waals surface area (Å²) >= 11 is 1.91. The molecule has 0 bridgehead atoms. The molecule has 0 aromatic heterocycles. The highest BCUT2D eigenvalue weighted by Crippen LogP contribution is 2.32. The van der Waals surface area contributed by atoms with Crippen molar-refractivity contribution in [3.05, 3.63) is 22.8 Å². The third-order valence-electron chi connectivity index (χ3n) is 1.67. The maximum absolute atomic E-state index is 5.45. The predicted octanol–water partition coefficient (Wildman–Crippen LogP) is 2.31. The molecule has 0 radical (unpaired) electrons. The minimum atomic E-state index is 0.883. The fraction of sp³-hybridized carbons (Fsp3) is 0.500. The first-order valence-electron chi connectivity index (χ1n) is 3.63. The van der Waals surface area contributed by atoms with Crippen molar-refractivity contribution in [1.29, 1.82) is 0 Å². The van der Waals surface area contributed by atoms with Crippen molar-refractivity contribution in [2.24, 2.45) is 0 Å². The molecule has 54 valence electrons. The standard InChI is InChI=1S/C8H10OS/c1-2-4-8-7(3-1)9-5-6-10-8/h3-4H,1-2,5-6H2. The SMILES string of the molecule is C1=C2OCCSC2=CCC1. The van der Waals surface area contributed by atoms with Crippen LogP contribution in [0.3, 0.4) is 0 Å². The summed E-state index contributed by atoms with van der Waals surface area (Å²) < 4.78 is 5.45. The molecule has 2 aliphatic rings. The molecule has 1 heterocycles. The number of ether oxygens (including phenoxy) is 1. The number of hydrogen-bond donors (Lipinski definition) is 0. The lowest BCUT2D eigenvalue weighted by Crippen LogP contribution is -2.07. The van der Waals surface area contributed by atoms with Gasteiger partial charge in [-0.15, -0.1) is 11.8 Å². The van der Waals surface area contributed by atoms with Crippen molar-refractivity contribution in [2.75, 3.05) is 12.4 Å². The topological polar surface area (TPSA) is 9.23 Å². The van der Waals surface area contributed by atoms with Crippen molar-refractivity contribution in [2.45, 2.75) is 12.8 Å². The summed E-state index contributed by atoms with van der Waals surface area (Å²) in [5.41, 5.74) is 0. The number of rotatable bonds is 0. The van der Waals surface area contributed by atoms with Gasteiger partial charge in [0.2, 0.25) is 0 Å². The quantitative estimate of drug-likeness (QED) is 0.529. The lowest BCUT2D eigenvalue weighted by atomic mass is 10.2. The van der Waals surface area contributed by atoms with Crippen LogP contribution in [0.15, 0.2) is 22.8 Å². The van der Waals surface area contributed by atoms with E-state index in [-0.39, 0.29) is 0 Å². The van der Waals surface area contributed by atoms with Crippen LogP contribution in [-0.2, 0) is 4.74 Å². The molecule has 2 heteroatoms. The Kier molecular flexibility index (Phi) is 1.72. The molecule has 1 saturated heterocycles. The summed E-state index contributed by atoms with van der Waals surface area (Å²) in [6.45, 7) is 0.883.